The van der Waals surface area contributed by atoms with E-state index in [4.69, 9.17) is 9.47 Å². The van der Waals surface area contributed by atoms with Crippen LogP contribution in [0.2, 0.25) is 0 Å². The SMILES string of the molecule is COc1cc(C(=O)N2CC(C)CC(C(=O)O)C2)ccc1OCC(=O)NC(C)C. The highest BCUT2D eigenvalue weighted by Gasteiger charge is 2.32. The second kappa shape index (κ2) is 9.43. The summed E-state index contributed by atoms with van der Waals surface area (Å²) in [7, 11) is 1.45. The maximum atomic E-state index is 12.9. The van der Waals surface area contributed by atoms with Crippen molar-refractivity contribution >= 4 is 17.8 Å². The van der Waals surface area contributed by atoms with Gasteiger partial charge in [-0.1, -0.05) is 6.92 Å². The van der Waals surface area contributed by atoms with Crippen LogP contribution in [-0.4, -0.2) is 60.6 Å². The van der Waals surface area contributed by atoms with Crippen LogP contribution >= 0.6 is 0 Å². The highest BCUT2D eigenvalue weighted by molar-refractivity contribution is 5.95. The highest BCUT2D eigenvalue weighted by atomic mass is 16.5. The van der Waals surface area contributed by atoms with Crippen LogP contribution in [0.25, 0.3) is 0 Å². The molecule has 1 aromatic rings. The Balaban J connectivity index is 2.10. The molecule has 0 radical (unpaired) electrons. The number of hydrogen-bond donors (Lipinski definition) is 2. The minimum absolute atomic E-state index is 0.0135. The number of nitrogens with one attached hydrogen (secondary N) is 1. The molecule has 154 valence electrons. The molecule has 8 nitrogen and oxygen atoms in total. The molecule has 0 spiro atoms. The molecule has 28 heavy (non-hydrogen) atoms. The fraction of sp³-hybridized carbons (Fsp3) is 0.550. The summed E-state index contributed by atoms with van der Waals surface area (Å²) in [4.78, 5) is 37.5. The topological polar surface area (TPSA) is 105 Å². The molecule has 0 saturated carbocycles. The predicted octanol–water partition coefficient (Wildman–Crippen LogP) is 1.78. The molecule has 0 aromatic heterocycles. The van der Waals surface area contributed by atoms with Gasteiger partial charge in [0.05, 0.1) is 13.0 Å². The van der Waals surface area contributed by atoms with Crippen molar-refractivity contribution < 1.29 is 29.0 Å². The van der Waals surface area contributed by atoms with Crippen molar-refractivity contribution in [3.05, 3.63) is 23.8 Å². The summed E-state index contributed by atoms with van der Waals surface area (Å²) in [5, 5.41) is 12.0. The van der Waals surface area contributed by atoms with Crippen LogP contribution in [0.3, 0.4) is 0 Å². The number of methoxy groups -OCH3 is 1. The van der Waals surface area contributed by atoms with Gasteiger partial charge in [0.15, 0.2) is 18.1 Å². The summed E-state index contributed by atoms with van der Waals surface area (Å²) in [6, 6.07) is 4.74. The molecule has 1 saturated heterocycles. The lowest BCUT2D eigenvalue weighted by Gasteiger charge is -2.34. The van der Waals surface area contributed by atoms with Crippen LogP contribution in [0.1, 0.15) is 37.6 Å². The van der Waals surface area contributed by atoms with Gasteiger partial charge in [0.1, 0.15) is 0 Å². The van der Waals surface area contributed by atoms with Crippen LogP contribution in [0.4, 0.5) is 0 Å². The van der Waals surface area contributed by atoms with Crippen molar-refractivity contribution in [1.82, 2.24) is 10.2 Å². The Morgan fingerprint density at radius 2 is 1.96 bits per heavy atom. The van der Waals surface area contributed by atoms with E-state index in [-0.39, 0.29) is 36.9 Å². The van der Waals surface area contributed by atoms with E-state index < -0.39 is 11.9 Å². The van der Waals surface area contributed by atoms with Crippen LogP contribution in [0, 0.1) is 11.8 Å². The van der Waals surface area contributed by atoms with Gasteiger partial charge in [-0.25, -0.2) is 0 Å². The fourth-order valence-corrected chi connectivity index (χ4v) is 3.31. The monoisotopic (exact) mass is 392 g/mol. The number of carboxylic acids is 1. The van der Waals surface area contributed by atoms with Gasteiger partial charge in [0, 0.05) is 24.7 Å². The first-order chi connectivity index (χ1) is 13.2. The zero-order chi connectivity index (χ0) is 20.8. The number of nitrogens with zero attached hydrogens (tertiary/aromatic N) is 1. The molecule has 2 unspecified atom stereocenters. The molecule has 8 heteroatoms. The number of rotatable bonds is 7. The molecule has 1 aliphatic heterocycles. The average Bonchev–Trinajstić information content (AvgIpc) is 2.64. The van der Waals surface area contributed by atoms with Crippen LogP contribution in [-0.2, 0) is 9.59 Å². The van der Waals surface area contributed by atoms with E-state index in [0.29, 0.717) is 30.0 Å². The second-order valence-corrected chi connectivity index (χ2v) is 7.46. The Morgan fingerprint density at radius 1 is 1.25 bits per heavy atom. The van der Waals surface area contributed by atoms with Crippen molar-refractivity contribution in [2.24, 2.45) is 11.8 Å². The largest absolute Gasteiger partial charge is 0.493 e. The lowest BCUT2D eigenvalue weighted by Crippen LogP contribution is -2.45. The lowest BCUT2D eigenvalue weighted by molar-refractivity contribution is -0.143. The maximum Gasteiger partial charge on any atom is 0.308 e. The molecule has 2 atom stereocenters. The van der Waals surface area contributed by atoms with Gasteiger partial charge >= 0.3 is 5.97 Å². The molecule has 2 amide bonds. The first-order valence-electron chi connectivity index (χ1n) is 9.33. The third-order valence-corrected chi connectivity index (χ3v) is 4.52. The van der Waals surface area contributed by atoms with Gasteiger partial charge in [-0.2, -0.15) is 0 Å². The Kier molecular flexibility index (Phi) is 7.25. The first kappa shape index (κ1) is 21.5. The summed E-state index contributed by atoms with van der Waals surface area (Å²) in [6.45, 7) is 6.19. The van der Waals surface area contributed by atoms with Gasteiger partial charge in [-0.3, -0.25) is 14.4 Å². The Labute approximate surface area is 164 Å². The minimum Gasteiger partial charge on any atom is -0.493 e. The summed E-state index contributed by atoms with van der Waals surface area (Å²) in [6.07, 6.45) is 0.563. The first-order valence-corrected chi connectivity index (χ1v) is 9.33. The number of aliphatic carboxylic acids is 1. The quantitative estimate of drug-likeness (QED) is 0.733. The predicted molar refractivity (Wildman–Crippen MR) is 103 cm³/mol. The molecular weight excluding hydrogens is 364 g/mol. The Bertz CT molecular complexity index is 733. The smallest absolute Gasteiger partial charge is 0.308 e. The third kappa shape index (κ3) is 5.61. The zero-order valence-corrected chi connectivity index (χ0v) is 16.7. The van der Waals surface area contributed by atoms with Crippen LogP contribution in [0.15, 0.2) is 18.2 Å². The summed E-state index contributed by atoms with van der Waals surface area (Å²) < 4.78 is 10.8. The number of hydrogen-bond acceptors (Lipinski definition) is 5. The molecule has 1 aromatic carbocycles. The molecule has 0 aliphatic carbocycles. The fourth-order valence-electron chi connectivity index (χ4n) is 3.31. The molecule has 2 rings (SSSR count). The van der Waals surface area contributed by atoms with E-state index in [0.717, 1.165) is 0 Å². The zero-order valence-electron chi connectivity index (χ0n) is 16.7. The minimum atomic E-state index is -0.884. The number of carbonyl (C=O) groups excluding carboxylic acids is 2. The van der Waals surface area contributed by atoms with Gasteiger partial charge in [0.25, 0.3) is 11.8 Å². The lowest BCUT2D eigenvalue weighted by atomic mass is 9.90. The average molecular weight is 392 g/mol. The van der Waals surface area contributed by atoms with Gasteiger partial charge in [0.2, 0.25) is 0 Å². The molecule has 1 fully saturated rings. The standard InChI is InChI=1S/C20H28N2O6/c1-12(2)21-18(23)11-28-16-6-5-14(8-17(16)27-4)19(24)22-9-13(3)7-15(10-22)20(25)26/h5-6,8,12-13,15H,7,9-11H2,1-4H3,(H,21,23)(H,25,26). The van der Waals surface area contributed by atoms with Crippen molar-refractivity contribution in [3.63, 3.8) is 0 Å². The summed E-state index contributed by atoms with van der Waals surface area (Å²) in [5.41, 5.74) is 0.383. The summed E-state index contributed by atoms with van der Waals surface area (Å²) in [5.74, 6) is -1.14. The van der Waals surface area contributed by atoms with Gasteiger partial charge in [-0.05, 0) is 44.4 Å². The Hall–Kier alpha value is -2.77. The van der Waals surface area contributed by atoms with Crippen molar-refractivity contribution in [1.29, 1.82) is 0 Å². The number of carboxylic acid groups (broad SMARTS) is 1. The molecule has 1 heterocycles. The normalized spacial score (nSPS) is 19.2. The number of benzene rings is 1. The number of carbonyl (C=O) groups is 3. The van der Waals surface area contributed by atoms with Crippen molar-refractivity contribution in [2.75, 3.05) is 26.8 Å². The van der Waals surface area contributed by atoms with Gasteiger partial charge in [-0.15, -0.1) is 0 Å². The molecule has 1 aliphatic rings. The van der Waals surface area contributed by atoms with E-state index in [1.54, 1.807) is 23.1 Å². The van der Waals surface area contributed by atoms with E-state index in [1.807, 2.05) is 20.8 Å². The highest BCUT2D eigenvalue weighted by Crippen LogP contribution is 2.30. The van der Waals surface area contributed by atoms with Crippen LogP contribution in [0.5, 0.6) is 11.5 Å². The number of piperidine rings is 1. The van der Waals surface area contributed by atoms with Crippen molar-refractivity contribution in [2.45, 2.75) is 33.2 Å². The van der Waals surface area contributed by atoms with Gasteiger partial charge < -0.3 is 24.8 Å². The van der Waals surface area contributed by atoms with E-state index >= 15 is 0 Å². The number of ether oxygens (including phenoxy) is 2. The molecule has 0 bridgehead atoms. The molecule has 2 N–H and O–H groups in total. The van der Waals surface area contributed by atoms with Crippen molar-refractivity contribution in [3.8, 4) is 11.5 Å². The van der Waals surface area contributed by atoms with E-state index in [2.05, 4.69) is 5.32 Å². The van der Waals surface area contributed by atoms with E-state index in [9.17, 15) is 19.5 Å². The van der Waals surface area contributed by atoms with E-state index in [1.165, 1.54) is 7.11 Å². The maximum absolute atomic E-state index is 12.9. The van der Waals surface area contributed by atoms with Crippen LogP contribution < -0.4 is 14.8 Å². The number of amides is 2. The summed E-state index contributed by atoms with van der Waals surface area (Å²) >= 11 is 0. The second-order valence-electron chi connectivity index (χ2n) is 7.46. The Morgan fingerprint density at radius 3 is 2.57 bits per heavy atom. The number of likely N-dealkylation sites (tertiary alicyclic amines) is 1. The molecular formula is C20H28N2O6. The third-order valence-electron chi connectivity index (χ3n) is 4.52.